The number of anilines is 1. The van der Waals surface area contributed by atoms with Gasteiger partial charge in [0.25, 0.3) is 5.91 Å². The molecule has 0 saturated heterocycles. The molecule has 2 N–H and O–H groups in total. The highest BCUT2D eigenvalue weighted by atomic mass is 16.5. The van der Waals surface area contributed by atoms with Crippen LogP contribution in [0, 0.1) is 6.92 Å². The van der Waals surface area contributed by atoms with Crippen molar-refractivity contribution < 1.29 is 19.4 Å². The quantitative estimate of drug-likeness (QED) is 0.883. The normalized spacial score (nSPS) is 10.1. The van der Waals surface area contributed by atoms with Crippen LogP contribution in [0.1, 0.15) is 15.9 Å². The average molecular weight is 328 g/mol. The van der Waals surface area contributed by atoms with E-state index in [-0.39, 0.29) is 23.8 Å². The van der Waals surface area contributed by atoms with E-state index in [0.717, 1.165) is 5.56 Å². The number of hydrogen-bond donors (Lipinski definition) is 2. The molecule has 0 aliphatic heterocycles. The highest BCUT2D eigenvalue weighted by Gasteiger charge is 2.18. The Hall–Kier alpha value is -3.02. The van der Waals surface area contributed by atoms with Gasteiger partial charge in [-0.25, -0.2) is 0 Å². The Kier molecular flexibility index (Phi) is 5.42. The number of carbonyl (C=O) groups excluding carboxylic acids is 2. The van der Waals surface area contributed by atoms with E-state index in [2.05, 4.69) is 5.32 Å². The summed E-state index contributed by atoms with van der Waals surface area (Å²) in [7, 11) is 2.97. The van der Waals surface area contributed by atoms with Gasteiger partial charge in [0, 0.05) is 18.8 Å². The second-order valence-corrected chi connectivity index (χ2v) is 5.46. The summed E-state index contributed by atoms with van der Waals surface area (Å²) in [4.78, 5) is 25.6. The van der Waals surface area contributed by atoms with Gasteiger partial charge in [-0.15, -0.1) is 0 Å². The minimum absolute atomic E-state index is 0.112. The van der Waals surface area contributed by atoms with Crippen molar-refractivity contribution in [3.05, 3.63) is 53.6 Å². The van der Waals surface area contributed by atoms with Crippen LogP contribution < -0.4 is 10.1 Å². The fourth-order valence-electron chi connectivity index (χ4n) is 2.15. The van der Waals surface area contributed by atoms with Crippen LogP contribution >= 0.6 is 0 Å². The van der Waals surface area contributed by atoms with Crippen LogP contribution in [0.25, 0.3) is 0 Å². The van der Waals surface area contributed by atoms with Crippen LogP contribution in [0.15, 0.2) is 42.5 Å². The van der Waals surface area contributed by atoms with Crippen molar-refractivity contribution in [1.82, 2.24) is 4.90 Å². The highest BCUT2D eigenvalue weighted by molar-refractivity contribution is 6.00. The van der Waals surface area contributed by atoms with Crippen LogP contribution in [0.4, 0.5) is 5.69 Å². The molecular weight excluding hydrogens is 308 g/mol. The molecule has 0 bridgehead atoms. The zero-order valence-electron chi connectivity index (χ0n) is 13.9. The number of phenolic OH excluding ortho intramolecular Hbond substituents is 1. The molecular formula is C18H20N2O4. The molecule has 0 aliphatic carbocycles. The first-order chi connectivity index (χ1) is 11.4. The molecule has 0 saturated carbocycles. The number of nitrogens with zero attached hydrogens (tertiary/aromatic N) is 1. The minimum Gasteiger partial charge on any atom is -0.507 e. The zero-order chi connectivity index (χ0) is 17.7. The Morgan fingerprint density at radius 1 is 1.17 bits per heavy atom. The van der Waals surface area contributed by atoms with E-state index >= 15 is 0 Å². The highest BCUT2D eigenvalue weighted by Crippen LogP contribution is 2.24. The van der Waals surface area contributed by atoms with E-state index in [1.165, 1.54) is 31.2 Å². The lowest BCUT2D eigenvalue weighted by Crippen LogP contribution is -2.34. The summed E-state index contributed by atoms with van der Waals surface area (Å²) >= 11 is 0. The predicted molar refractivity (Wildman–Crippen MR) is 91.4 cm³/mol. The summed E-state index contributed by atoms with van der Waals surface area (Å²) < 4.78 is 4.98. The molecule has 6 nitrogen and oxygen atoms in total. The van der Waals surface area contributed by atoms with Crippen molar-refractivity contribution in [1.29, 1.82) is 0 Å². The number of rotatable bonds is 5. The molecule has 0 unspecified atom stereocenters. The maximum absolute atomic E-state index is 12.3. The van der Waals surface area contributed by atoms with Crippen LogP contribution in [0.5, 0.6) is 11.5 Å². The summed E-state index contributed by atoms with van der Waals surface area (Å²) in [6, 6.07) is 11.8. The Bertz CT molecular complexity index is 741. The van der Waals surface area contributed by atoms with Gasteiger partial charge in [-0.1, -0.05) is 17.7 Å². The van der Waals surface area contributed by atoms with Crippen LogP contribution in [0.2, 0.25) is 0 Å². The summed E-state index contributed by atoms with van der Waals surface area (Å²) in [5.74, 6) is -0.508. The first-order valence-corrected chi connectivity index (χ1v) is 7.39. The molecule has 24 heavy (non-hydrogen) atoms. The average Bonchev–Trinajstić information content (AvgIpc) is 2.56. The van der Waals surface area contributed by atoms with Gasteiger partial charge in [0.15, 0.2) is 0 Å². The standard InChI is InChI=1S/C18H20N2O4/c1-12-4-6-13(7-5-12)19-17(22)11-20(2)18(23)15-9-8-14(24-3)10-16(15)21/h4-10,21H,11H2,1-3H3,(H,19,22). The monoisotopic (exact) mass is 328 g/mol. The second kappa shape index (κ2) is 7.50. The lowest BCUT2D eigenvalue weighted by atomic mass is 10.1. The molecule has 0 spiro atoms. The number of aryl methyl sites for hydroxylation is 1. The molecule has 2 aromatic rings. The number of nitrogens with one attached hydrogen (secondary N) is 1. The van der Waals surface area contributed by atoms with Gasteiger partial charge in [0.05, 0.1) is 19.2 Å². The number of amides is 2. The van der Waals surface area contributed by atoms with Crippen molar-refractivity contribution in [2.45, 2.75) is 6.92 Å². The van der Waals surface area contributed by atoms with E-state index < -0.39 is 5.91 Å². The lowest BCUT2D eigenvalue weighted by Gasteiger charge is -2.17. The van der Waals surface area contributed by atoms with Crippen LogP contribution in [0.3, 0.4) is 0 Å². The van der Waals surface area contributed by atoms with E-state index in [0.29, 0.717) is 11.4 Å². The summed E-state index contributed by atoms with van der Waals surface area (Å²) in [5, 5.41) is 12.6. The fourth-order valence-corrected chi connectivity index (χ4v) is 2.15. The summed E-state index contributed by atoms with van der Waals surface area (Å²) in [5.41, 5.74) is 1.87. The molecule has 2 amide bonds. The van der Waals surface area contributed by atoms with Crippen molar-refractivity contribution >= 4 is 17.5 Å². The van der Waals surface area contributed by atoms with E-state index in [1.807, 2.05) is 19.1 Å². The van der Waals surface area contributed by atoms with Gasteiger partial charge in [0.1, 0.15) is 11.5 Å². The number of ether oxygens (including phenoxy) is 1. The number of carbonyl (C=O) groups is 2. The Balaban J connectivity index is 2.00. The predicted octanol–water partition coefficient (Wildman–Crippen LogP) is 2.42. The third-order valence-corrected chi connectivity index (χ3v) is 3.50. The largest absolute Gasteiger partial charge is 0.507 e. The maximum Gasteiger partial charge on any atom is 0.257 e. The van der Waals surface area contributed by atoms with E-state index in [9.17, 15) is 14.7 Å². The smallest absolute Gasteiger partial charge is 0.257 e. The summed E-state index contributed by atoms with van der Waals surface area (Å²) in [6.07, 6.45) is 0. The maximum atomic E-state index is 12.3. The minimum atomic E-state index is -0.450. The first-order valence-electron chi connectivity index (χ1n) is 7.39. The number of hydrogen-bond acceptors (Lipinski definition) is 4. The topological polar surface area (TPSA) is 78.9 Å². The van der Waals surface area contributed by atoms with E-state index in [4.69, 9.17) is 4.74 Å². The molecule has 2 rings (SSSR count). The number of aromatic hydroxyl groups is 1. The lowest BCUT2D eigenvalue weighted by molar-refractivity contribution is -0.116. The molecule has 0 fully saturated rings. The van der Waals surface area contributed by atoms with Crippen molar-refractivity contribution in [3.63, 3.8) is 0 Å². The van der Waals surface area contributed by atoms with Crippen LogP contribution in [-0.4, -0.2) is 42.5 Å². The molecule has 0 radical (unpaired) electrons. The van der Waals surface area contributed by atoms with E-state index in [1.54, 1.807) is 18.2 Å². The van der Waals surface area contributed by atoms with Crippen molar-refractivity contribution in [3.8, 4) is 11.5 Å². The molecule has 0 aliphatic rings. The molecule has 2 aromatic carbocycles. The molecule has 0 heterocycles. The zero-order valence-corrected chi connectivity index (χ0v) is 13.9. The van der Waals surface area contributed by atoms with Gasteiger partial charge < -0.3 is 20.1 Å². The van der Waals surface area contributed by atoms with Gasteiger partial charge in [0.2, 0.25) is 5.91 Å². The van der Waals surface area contributed by atoms with Gasteiger partial charge in [-0.2, -0.15) is 0 Å². The van der Waals surface area contributed by atoms with Gasteiger partial charge in [-0.3, -0.25) is 9.59 Å². The molecule has 126 valence electrons. The summed E-state index contributed by atoms with van der Waals surface area (Å²) in [6.45, 7) is 1.83. The molecule has 0 aromatic heterocycles. The number of methoxy groups -OCH3 is 1. The first kappa shape index (κ1) is 17.3. The number of benzene rings is 2. The van der Waals surface area contributed by atoms with Crippen molar-refractivity contribution in [2.24, 2.45) is 0 Å². The van der Waals surface area contributed by atoms with Gasteiger partial charge in [-0.05, 0) is 31.2 Å². The third kappa shape index (κ3) is 4.25. The number of likely N-dealkylation sites (N-methyl/N-ethyl adjacent to an activating group) is 1. The molecule has 6 heteroatoms. The SMILES string of the molecule is COc1ccc(C(=O)N(C)CC(=O)Nc2ccc(C)cc2)c(O)c1. The molecule has 0 atom stereocenters. The fraction of sp³-hybridized carbons (Fsp3) is 0.222. The van der Waals surface area contributed by atoms with Gasteiger partial charge >= 0.3 is 0 Å². The Morgan fingerprint density at radius 3 is 2.42 bits per heavy atom. The Morgan fingerprint density at radius 2 is 1.83 bits per heavy atom. The van der Waals surface area contributed by atoms with Crippen LogP contribution in [-0.2, 0) is 4.79 Å². The van der Waals surface area contributed by atoms with Crippen molar-refractivity contribution in [2.75, 3.05) is 26.0 Å². The Labute approximate surface area is 140 Å². The second-order valence-electron chi connectivity index (χ2n) is 5.46. The third-order valence-electron chi connectivity index (χ3n) is 3.50. The number of phenols is 1.